The molecule has 2 nitrogen and oxygen atoms in total. The Bertz CT molecular complexity index is 545. The van der Waals surface area contributed by atoms with Crippen LogP contribution in [-0.2, 0) is 0 Å². The van der Waals surface area contributed by atoms with Gasteiger partial charge in [-0.2, -0.15) is 0 Å². The number of rotatable bonds is 1. The van der Waals surface area contributed by atoms with Crippen LogP contribution in [0.4, 0.5) is 4.39 Å². The van der Waals surface area contributed by atoms with Gasteiger partial charge in [-0.3, -0.25) is 4.79 Å². The van der Waals surface area contributed by atoms with Crippen LogP contribution < -0.4 is 5.43 Å². The summed E-state index contributed by atoms with van der Waals surface area (Å²) in [5.41, 5.74) is 1.80. The second kappa shape index (κ2) is 3.69. The van der Waals surface area contributed by atoms with E-state index in [2.05, 4.69) is 4.98 Å². The first-order chi connectivity index (χ1) is 7.18. The van der Waals surface area contributed by atoms with Crippen molar-refractivity contribution < 1.29 is 4.39 Å². The fraction of sp³-hybridized carbons (Fsp3) is 0.0833. The molecule has 0 saturated carbocycles. The van der Waals surface area contributed by atoms with Crippen molar-refractivity contribution in [2.24, 2.45) is 0 Å². The molecule has 0 bridgehead atoms. The largest absolute Gasteiger partial charge is 0.361 e. The topological polar surface area (TPSA) is 32.9 Å². The molecule has 0 unspecified atom stereocenters. The molecule has 2 rings (SSSR count). The number of aromatic nitrogens is 1. The van der Waals surface area contributed by atoms with Gasteiger partial charge in [0.15, 0.2) is 5.43 Å². The maximum absolute atomic E-state index is 13.3. The highest BCUT2D eigenvalue weighted by Crippen LogP contribution is 2.21. The lowest BCUT2D eigenvalue weighted by atomic mass is 10.0. The summed E-state index contributed by atoms with van der Waals surface area (Å²) in [7, 11) is 0. The normalized spacial score (nSPS) is 10.3. The summed E-state index contributed by atoms with van der Waals surface area (Å²) in [6.45, 7) is 1.69. The third-order valence-corrected chi connectivity index (χ3v) is 2.33. The molecular formula is C12H10FNO. The van der Waals surface area contributed by atoms with E-state index in [-0.39, 0.29) is 11.2 Å². The van der Waals surface area contributed by atoms with E-state index in [0.717, 1.165) is 0 Å². The molecule has 0 amide bonds. The summed E-state index contributed by atoms with van der Waals surface area (Å²) in [4.78, 5) is 14.1. The first-order valence-electron chi connectivity index (χ1n) is 4.63. The predicted octanol–water partition coefficient (Wildman–Crippen LogP) is 2.49. The zero-order valence-corrected chi connectivity index (χ0v) is 8.25. The summed E-state index contributed by atoms with van der Waals surface area (Å²) in [6, 6.07) is 7.70. The summed E-state index contributed by atoms with van der Waals surface area (Å²) in [5, 5.41) is 0. The van der Waals surface area contributed by atoms with Crippen LogP contribution in [-0.4, -0.2) is 4.98 Å². The van der Waals surface area contributed by atoms with E-state index in [9.17, 15) is 9.18 Å². The Morgan fingerprint density at radius 2 is 2.07 bits per heavy atom. The van der Waals surface area contributed by atoms with Gasteiger partial charge in [-0.1, -0.05) is 12.1 Å². The van der Waals surface area contributed by atoms with Gasteiger partial charge in [-0.15, -0.1) is 0 Å². The molecule has 0 atom stereocenters. The maximum atomic E-state index is 13.3. The zero-order chi connectivity index (χ0) is 10.8. The molecule has 1 aromatic carbocycles. The molecule has 15 heavy (non-hydrogen) atoms. The molecule has 3 heteroatoms. The molecule has 76 valence electrons. The quantitative estimate of drug-likeness (QED) is 0.758. The minimum absolute atomic E-state index is 0.0904. The number of benzene rings is 1. The number of hydrogen-bond acceptors (Lipinski definition) is 1. The Balaban J connectivity index is 2.64. The lowest BCUT2D eigenvalue weighted by Crippen LogP contribution is -1.99. The predicted molar refractivity (Wildman–Crippen MR) is 57.2 cm³/mol. The lowest BCUT2D eigenvalue weighted by Gasteiger charge is -2.05. The Kier molecular flexibility index (Phi) is 2.37. The molecule has 0 saturated heterocycles. The van der Waals surface area contributed by atoms with Gasteiger partial charge in [0.25, 0.3) is 0 Å². The molecule has 0 radical (unpaired) electrons. The Morgan fingerprint density at radius 1 is 1.27 bits per heavy atom. The average molecular weight is 203 g/mol. The van der Waals surface area contributed by atoms with Crippen LogP contribution in [0.2, 0.25) is 0 Å². The van der Waals surface area contributed by atoms with E-state index < -0.39 is 0 Å². The highest BCUT2D eigenvalue weighted by atomic mass is 19.1. The Morgan fingerprint density at radius 3 is 2.80 bits per heavy atom. The van der Waals surface area contributed by atoms with Crippen molar-refractivity contribution in [3.63, 3.8) is 0 Å². The number of aromatic amines is 1. The molecule has 1 heterocycles. The first kappa shape index (κ1) is 9.65. The number of pyridine rings is 1. The second-order valence-electron chi connectivity index (χ2n) is 3.35. The Labute approximate surface area is 86.4 Å². The third-order valence-electron chi connectivity index (χ3n) is 2.33. The highest BCUT2D eigenvalue weighted by Gasteiger charge is 2.05. The van der Waals surface area contributed by atoms with Gasteiger partial charge in [0.1, 0.15) is 5.82 Å². The minimum atomic E-state index is -0.266. The first-order valence-corrected chi connectivity index (χ1v) is 4.63. The molecule has 0 aliphatic rings. The molecule has 2 aromatic rings. The van der Waals surface area contributed by atoms with E-state index in [1.165, 1.54) is 18.2 Å². The van der Waals surface area contributed by atoms with Crippen molar-refractivity contribution >= 4 is 0 Å². The van der Waals surface area contributed by atoms with Crippen LogP contribution in [0.25, 0.3) is 11.3 Å². The van der Waals surface area contributed by atoms with Gasteiger partial charge in [0.05, 0.1) is 0 Å². The molecular weight excluding hydrogens is 193 g/mol. The number of nitrogens with one attached hydrogen (secondary N) is 1. The van der Waals surface area contributed by atoms with Crippen molar-refractivity contribution in [2.75, 3.05) is 0 Å². The van der Waals surface area contributed by atoms with Gasteiger partial charge in [-0.25, -0.2) is 4.39 Å². The van der Waals surface area contributed by atoms with Crippen molar-refractivity contribution in [1.29, 1.82) is 0 Å². The SMILES string of the molecule is Cc1c(F)cccc1-c1cc(=O)cc[nH]1. The third kappa shape index (κ3) is 1.81. The smallest absolute Gasteiger partial charge is 0.182 e. The molecule has 1 aromatic heterocycles. The number of hydrogen-bond donors (Lipinski definition) is 1. The maximum Gasteiger partial charge on any atom is 0.182 e. The van der Waals surface area contributed by atoms with Crippen LogP contribution in [0.3, 0.4) is 0 Å². The summed E-state index contributed by atoms with van der Waals surface area (Å²) in [6.07, 6.45) is 1.56. The zero-order valence-electron chi connectivity index (χ0n) is 8.25. The Hall–Kier alpha value is -1.90. The van der Waals surface area contributed by atoms with Crippen molar-refractivity contribution in [3.05, 3.63) is 58.1 Å². The minimum Gasteiger partial charge on any atom is -0.361 e. The summed E-state index contributed by atoms with van der Waals surface area (Å²) >= 11 is 0. The highest BCUT2D eigenvalue weighted by molar-refractivity contribution is 5.63. The number of H-pyrrole nitrogens is 1. The van der Waals surface area contributed by atoms with Crippen LogP contribution >= 0.6 is 0 Å². The van der Waals surface area contributed by atoms with Gasteiger partial charge >= 0.3 is 0 Å². The van der Waals surface area contributed by atoms with Crippen molar-refractivity contribution in [3.8, 4) is 11.3 Å². The van der Waals surface area contributed by atoms with Gasteiger partial charge in [0.2, 0.25) is 0 Å². The molecule has 1 N–H and O–H groups in total. The van der Waals surface area contributed by atoms with E-state index in [4.69, 9.17) is 0 Å². The van der Waals surface area contributed by atoms with Gasteiger partial charge in [0, 0.05) is 29.6 Å². The lowest BCUT2D eigenvalue weighted by molar-refractivity contribution is 0.619. The molecule has 0 aliphatic carbocycles. The summed E-state index contributed by atoms with van der Waals surface area (Å²) < 4.78 is 13.3. The van der Waals surface area contributed by atoms with Gasteiger partial charge in [-0.05, 0) is 18.6 Å². The van der Waals surface area contributed by atoms with Crippen LogP contribution in [0.15, 0.2) is 41.3 Å². The van der Waals surface area contributed by atoms with E-state index in [1.54, 1.807) is 25.3 Å². The fourth-order valence-electron chi connectivity index (χ4n) is 1.50. The molecule has 0 fully saturated rings. The molecule has 0 spiro atoms. The monoisotopic (exact) mass is 203 g/mol. The van der Waals surface area contributed by atoms with Crippen molar-refractivity contribution in [1.82, 2.24) is 4.98 Å². The second-order valence-corrected chi connectivity index (χ2v) is 3.35. The average Bonchev–Trinajstić information content (AvgIpc) is 2.22. The standard InChI is InChI=1S/C12H10FNO/c1-8-10(3-2-4-11(8)13)12-7-9(15)5-6-14-12/h2-7H,1H3,(H,14,15). The van der Waals surface area contributed by atoms with Gasteiger partial charge < -0.3 is 4.98 Å². The van der Waals surface area contributed by atoms with Crippen LogP contribution in [0.5, 0.6) is 0 Å². The van der Waals surface area contributed by atoms with E-state index >= 15 is 0 Å². The fourth-order valence-corrected chi connectivity index (χ4v) is 1.50. The van der Waals surface area contributed by atoms with E-state index in [1.807, 2.05) is 0 Å². The summed E-state index contributed by atoms with van der Waals surface area (Å²) in [5.74, 6) is -0.266. The number of halogens is 1. The van der Waals surface area contributed by atoms with E-state index in [0.29, 0.717) is 16.8 Å². The van der Waals surface area contributed by atoms with Crippen LogP contribution in [0.1, 0.15) is 5.56 Å². The van der Waals surface area contributed by atoms with Crippen LogP contribution in [0, 0.1) is 12.7 Å². The molecule has 0 aliphatic heterocycles. The van der Waals surface area contributed by atoms with Crippen molar-refractivity contribution in [2.45, 2.75) is 6.92 Å².